The molecule has 0 aromatic heterocycles. The Hall–Kier alpha value is -1.40. The molecule has 0 fully saturated rings. The molecule has 0 aliphatic rings. The average Bonchev–Trinajstić information content (AvgIpc) is 2.16. The van der Waals surface area contributed by atoms with Crippen LogP contribution in [0.5, 0.6) is 0 Å². The number of nitrogens with zero attached hydrogens (tertiary/aromatic N) is 1. The maximum atomic E-state index is 11.4. The van der Waals surface area contributed by atoms with Crippen LogP contribution in [0.25, 0.3) is 0 Å². The number of amides is 1. The van der Waals surface area contributed by atoms with E-state index in [1.165, 1.54) is 19.1 Å². The molecule has 1 amide bonds. The fourth-order valence-corrected chi connectivity index (χ4v) is 1.62. The minimum atomic E-state index is -3.76. The highest BCUT2D eigenvalue weighted by Gasteiger charge is 2.14. The SMILES string of the molecule is CC(=O)N[N]S(=O)(=O)c1ccccc1. The zero-order chi connectivity index (χ0) is 10.6. The van der Waals surface area contributed by atoms with Gasteiger partial charge in [-0.3, -0.25) is 10.2 Å². The van der Waals surface area contributed by atoms with Crippen LogP contribution in [0.2, 0.25) is 0 Å². The Morgan fingerprint density at radius 2 is 1.86 bits per heavy atom. The van der Waals surface area contributed by atoms with Crippen LogP contribution in [0.4, 0.5) is 0 Å². The molecular weight excluding hydrogens is 204 g/mol. The predicted octanol–water partition coefficient (Wildman–Crippen LogP) is 0.0308. The Morgan fingerprint density at radius 3 is 2.36 bits per heavy atom. The topological polar surface area (TPSA) is 77.3 Å². The predicted molar refractivity (Wildman–Crippen MR) is 49.6 cm³/mol. The van der Waals surface area contributed by atoms with Gasteiger partial charge in [0, 0.05) is 6.92 Å². The van der Waals surface area contributed by atoms with Gasteiger partial charge in [-0.1, -0.05) is 18.2 Å². The summed E-state index contributed by atoms with van der Waals surface area (Å²) < 4.78 is 22.7. The fraction of sp³-hybridized carbons (Fsp3) is 0.125. The van der Waals surface area contributed by atoms with E-state index >= 15 is 0 Å². The highest BCUT2D eigenvalue weighted by Crippen LogP contribution is 2.06. The van der Waals surface area contributed by atoms with Crippen molar-refractivity contribution in [3.05, 3.63) is 30.3 Å². The van der Waals surface area contributed by atoms with Gasteiger partial charge in [0.1, 0.15) is 0 Å². The van der Waals surface area contributed by atoms with E-state index in [4.69, 9.17) is 0 Å². The largest absolute Gasteiger partial charge is 0.276 e. The summed E-state index contributed by atoms with van der Waals surface area (Å²) in [4.78, 5) is 13.6. The third-order valence-electron chi connectivity index (χ3n) is 1.36. The molecule has 0 saturated heterocycles. The maximum Gasteiger partial charge on any atom is 0.276 e. The molecule has 0 aliphatic heterocycles. The molecule has 1 rings (SSSR count). The molecule has 0 spiro atoms. The number of carbonyl (C=O) groups is 1. The van der Waals surface area contributed by atoms with Crippen LogP contribution >= 0.6 is 0 Å². The van der Waals surface area contributed by atoms with Crippen LogP contribution in [-0.2, 0) is 14.8 Å². The minimum absolute atomic E-state index is 0.0498. The molecule has 6 heteroatoms. The van der Waals surface area contributed by atoms with Gasteiger partial charge >= 0.3 is 0 Å². The van der Waals surface area contributed by atoms with E-state index in [0.29, 0.717) is 0 Å². The van der Waals surface area contributed by atoms with Gasteiger partial charge in [-0.15, -0.1) is 0 Å². The van der Waals surface area contributed by atoms with Crippen molar-refractivity contribution in [2.75, 3.05) is 0 Å². The van der Waals surface area contributed by atoms with E-state index in [1.807, 2.05) is 5.43 Å². The molecular formula is C8H9N2O3S. The standard InChI is InChI=1S/C8H9N2O3S/c1-7(11)9-10-14(12,13)8-5-3-2-4-6-8/h2-6H,1H3,(H,9,11). The van der Waals surface area contributed by atoms with Crippen molar-refractivity contribution in [2.45, 2.75) is 11.8 Å². The van der Waals surface area contributed by atoms with E-state index < -0.39 is 15.9 Å². The second-order valence-corrected chi connectivity index (χ2v) is 4.15. The van der Waals surface area contributed by atoms with Gasteiger partial charge in [0.2, 0.25) is 5.91 Å². The summed E-state index contributed by atoms with van der Waals surface area (Å²) in [6.45, 7) is 1.18. The van der Waals surface area contributed by atoms with Gasteiger partial charge in [-0.05, 0) is 17.0 Å². The Kier molecular flexibility index (Phi) is 3.21. The molecule has 1 radical (unpaired) electrons. The number of hydrogen-bond donors (Lipinski definition) is 1. The van der Waals surface area contributed by atoms with Crippen molar-refractivity contribution in [3.8, 4) is 0 Å². The lowest BCUT2D eigenvalue weighted by molar-refractivity contribution is -0.119. The first kappa shape index (κ1) is 10.7. The van der Waals surface area contributed by atoms with Crippen molar-refractivity contribution < 1.29 is 13.2 Å². The molecule has 5 nitrogen and oxygen atoms in total. The van der Waals surface area contributed by atoms with Crippen LogP contribution in [0.15, 0.2) is 35.2 Å². The first-order chi connectivity index (χ1) is 6.52. The van der Waals surface area contributed by atoms with E-state index in [9.17, 15) is 13.2 Å². The van der Waals surface area contributed by atoms with Crippen molar-refractivity contribution >= 4 is 15.9 Å². The summed E-state index contributed by atoms with van der Waals surface area (Å²) in [5.41, 5.74) is 1.88. The van der Waals surface area contributed by atoms with Crippen LogP contribution in [0.3, 0.4) is 0 Å². The number of sulfonamides is 1. The first-order valence-electron chi connectivity index (χ1n) is 3.81. The van der Waals surface area contributed by atoms with Crippen LogP contribution in [-0.4, -0.2) is 14.3 Å². The van der Waals surface area contributed by atoms with E-state index in [2.05, 4.69) is 4.83 Å². The van der Waals surface area contributed by atoms with Crippen molar-refractivity contribution in [2.24, 2.45) is 0 Å². The second-order valence-electron chi connectivity index (χ2n) is 2.55. The monoisotopic (exact) mass is 213 g/mol. The van der Waals surface area contributed by atoms with E-state index in [0.717, 1.165) is 0 Å². The van der Waals surface area contributed by atoms with E-state index in [1.54, 1.807) is 18.2 Å². The quantitative estimate of drug-likeness (QED) is 0.719. The summed E-state index contributed by atoms with van der Waals surface area (Å²) in [6.07, 6.45) is 0. The molecule has 0 unspecified atom stereocenters. The summed E-state index contributed by atoms with van der Waals surface area (Å²) in [6, 6.07) is 7.66. The Labute approximate surface area is 82.2 Å². The lowest BCUT2D eigenvalue weighted by atomic mass is 10.4. The summed E-state index contributed by atoms with van der Waals surface area (Å²) in [5, 5.41) is 0. The highest BCUT2D eigenvalue weighted by molar-refractivity contribution is 7.89. The lowest BCUT2D eigenvalue weighted by Gasteiger charge is -2.02. The molecule has 75 valence electrons. The fourth-order valence-electron chi connectivity index (χ4n) is 0.770. The molecule has 1 N–H and O–H groups in total. The van der Waals surface area contributed by atoms with Crippen LogP contribution < -0.4 is 10.3 Å². The molecule has 14 heavy (non-hydrogen) atoms. The second kappa shape index (κ2) is 4.21. The zero-order valence-corrected chi connectivity index (χ0v) is 8.28. The Balaban J connectivity index is 2.82. The highest BCUT2D eigenvalue weighted by atomic mass is 32.2. The smallest absolute Gasteiger partial charge is 0.274 e. The first-order valence-corrected chi connectivity index (χ1v) is 5.25. The molecule has 1 aromatic carbocycles. The number of rotatable bonds is 3. The Bertz CT molecular complexity index is 413. The van der Waals surface area contributed by atoms with Crippen LogP contribution in [0, 0.1) is 0 Å². The van der Waals surface area contributed by atoms with Gasteiger partial charge in [0.15, 0.2) is 0 Å². The minimum Gasteiger partial charge on any atom is -0.274 e. The number of carbonyl (C=O) groups excluding carboxylic acids is 1. The molecule has 0 saturated carbocycles. The summed E-state index contributed by atoms with van der Waals surface area (Å²) in [5.74, 6) is -0.524. The number of nitrogens with one attached hydrogen (secondary N) is 1. The molecule has 0 bridgehead atoms. The van der Waals surface area contributed by atoms with Gasteiger partial charge in [0.05, 0.1) is 4.90 Å². The van der Waals surface area contributed by atoms with Gasteiger partial charge in [-0.2, -0.15) is 0 Å². The molecule has 1 aromatic rings. The summed E-state index contributed by atoms with van der Waals surface area (Å²) >= 11 is 0. The Morgan fingerprint density at radius 1 is 1.29 bits per heavy atom. The maximum absolute atomic E-state index is 11.4. The third-order valence-corrected chi connectivity index (χ3v) is 2.56. The van der Waals surface area contributed by atoms with Gasteiger partial charge < -0.3 is 0 Å². The van der Waals surface area contributed by atoms with Crippen molar-refractivity contribution in [1.82, 2.24) is 10.3 Å². The average molecular weight is 213 g/mol. The van der Waals surface area contributed by atoms with Gasteiger partial charge in [0.25, 0.3) is 10.0 Å². The normalized spacial score (nSPS) is 10.9. The van der Waals surface area contributed by atoms with Crippen LogP contribution in [0.1, 0.15) is 6.92 Å². The molecule has 0 atom stereocenters. The summed E-state index contributed by atoms with van der Waals surface area (Å²) in [7, 11) is -3.76. The molecule has 0 heterocycles. The molecule has 0 aliphatic carbocycles. The third kappa shape index (κ3) is 2.82. The number of benzene rings is 1. The zero-order valence-electron chi connectivity index (χ0n) is 7.47. The van der Waals surface area contributed by atoms with Crippen molar-refractivity contribution in [1.29, 1.82) is 0 Å². The lowest BCUT2D eigenvalue weighted by Crippen LogP contribution is -2.33. The van der Waals surface area contributed by atoms with E-state index in [-0.39, 0.29) is 4.90 Å². The van der Waals surface area contributed by atoms with Gasteiger partial charge in [-0.25, -0.2) is 8.42 Å². The van der Waals surface area contributed by atoms with Crippen molar-refractivity contribution in [3.63, 3.8) is 0 Å². The number of hydrogen-bond acceptors (Lipinski definition) is 3.